The van der Waals surface area contributed by atoms with Gasteiger partial charge in [-0.2, -0.15) is 0 Å². The zero-order valence-electron chi connectivity index (χ0n) is 13.0. The average Bonchev–Trinajstić information content (AvgIpc) is 2.58. The van der Waals surface area contributed by atoms with Crippen molar-refractivity contribution < 1.29 is 9.53 Å². The number of benzene rings is 1. The van der Waals surface area contributed by atoms with Gasteiger partial charge in [0.1, 0.15) is 0 Å². The number of amides is 1. The number of rotatable bonds is 8. The maximum atomic E-state index is 12.2. The molecule has 2 rings (SSSR count). The average molecular weight is 334 g/mol. The van der Waals surface area contributed by atoms with E-state index < -0.39 is 0 Å². The lowest BCUT2D eigenvalue weighted by Crippen LogP contribution is -2.23. The zero-order valence-corrected chi connectivity index (χ0v) is 13.8. The molecular formula is C17H20ClN3O2. The number of carbonyl (C=O) groups is 1. The van der Waals surface area contributed by atoms with Crippen LogP contribution in [0.25, 0.3) is 0 Å². The Labute approximate surface area is 141 Å². The minimum absolute atomic E-state index is 0.182. The molecule has 122 valence electrons. The highest BCUT2D eigenvalue weighted by atomic mass is 35.5. The van der Waals surface area contributed by atoms with Crippen LogP contribution in [0.1, 0.15) is 22.3 Å². The van der Waals surface area contributed by atoms with Crippen LogP contribution < -0.4 is 10.6 Å². The summed E-state index contributed by atoms with van der Waals surface area (Å²) in [6.07, 6.45) is 4.12. The Morgan fingerprint density at radius 3 is 2.91 bits per heavy atom. The summed E-state index contributed by atoms with van der Waals surface area (Å²) in [5.41, 5.74) is 2.20. The predicted octanol–water partition coefficient (Wildman–Crippen LogP) is 3.11. The topological polar surface area (TPSA) is 63.2 Å². The molecule has 6 heteroatoms. The normalized spacial score (nSPS) is 10.3. The second-order valence-corrected chi connectivity index (χ2v) is 5.42. The van der Waals surface area contributed by atoms with E-state index in [0.29, 0.717) is 23.7 Å². The van der Waals surface area contributed by atoms with Crippen LogP contribution in [-0.2, 0) is 11.3 Å². The Morgan fingerprint density at radius 1 is 1.30 bits per heavy atom. The third-order valence-electron chi connectivity index (χ3n) is 3.25. The number of nitrogens with zero attached hydrogens (tertiary/aromatic N) is 1. The Kier molecular flexibility index (Phi) is 6.84. The van der Waals surface area contributed by atoms with Crippen LogP contribution >= 0.6 is 11.6 Å². The number of hydrogen-bond donors (Lipinski definition) is 2. The number of aromatic nitrogens is 1. The second-order valence-electron chi connectivity index (χ2n) is 5.01. The van der Waals surface area contributed by atoms with Crippen molar-refractivity contribution in [2.75, 3.05) is 25.6 Å². The van der Waals surface area contributed by atoms with Gasteiger partial charge in [0.25, 0.3) is 5.91 Å². The molecule has 0 aliphatic heterocycles. The molecule has 0 spiro atoms. The lowest BCUT2D eigenvalue weighted by molar-refractivity contribution is 0.0950. The van der Waals surface area contributed by atoms with E-state index in [1.807, 2.05) is 18.2 Å². The standard InChI is InChI=1S/C17H20ClN3O2/c1-23-8-4-7-20-15-9-14(10-19-12-15)17(22)21-11-13-5-2-3-6-16(13)18/h2-3,5-6,9-10,12,20H,4,7-8,11H2,1H3,(H,21,22). The Hall–Kier alpha value is -2.11. The summed E-state index contributed by atoms with van der Waals surface area (Å²) in [6.45, 7) is 1.84. The molecule has 1 heterocycles. The fourth-order valence-electron chi connectivity index (χ4n) is 2.03. The van der Waals surface area contributed by atoms with E-state index in [4.69, 9.17) is 16.3 Å². The van der Waals surface area contributed by atoms with Crippen molar-refractivity contribution in [3.63, 3.8) is 0 Å². The highest BCUT2D eigenvalue weighted by molar-refractivity contribution is 6.31. The molecule has 0 aliphatic rings. The van der Waals surface area contributed by atoms with Crippen LogP contribution in [-0.4, -0.2) is 31.2 Å². The molecule has 0 aliphatic carbocycles. The molecule has 0 saturated heterocycles. The number of halogens is 1. The Balaban J connectivity index is 1.90. The van der Waals surface area contributed by atoms with Gasteiger partial charge in [-0.1, -0.05) is 29.8 Å². The van der Waals surface area contributed by atoms with Crippen molar-refractivity contribution in [3.05, 3.63) is 58.9 Å². The first-order chi connectivity index (χ1) is 11.2. The predicted molar refractivity (Wildman–Crippen MR) is 91.8 cm³/mol. The van der Waals surface area contributed by atoms with E-state index >= 15 is 0 Å². The van der Waals surface area contributed by atoms with Crippen molar-refractivity contribution >= 4 is 23.2 Å². The summed E-state index contributed by atoms with van der Waals surface area (Å²) in [5.74, 6) is -0.182. The van der Waals surface area contributed by atoms with Crippen LogP contribution in [0.4, 0.5) is 5.69 Å². The molecule has 2 aromatic rings. The number of methoxy groups -OCH3 is 1. The number of carbonyl (C=O) groups excluding carboxylic acids is 1. The van der Waals surface area contributed by atoms with Gasteiger partial charge in [0, 0.05) is 44.2 Å². The van der Waals surface area contributed by atoms with Crippen LogP contribution in [0.5, 0.6) is 0 Å². The maximum Gasteiger partial charge on any atom is 0.253 e. The molecule has 1 aromatic carbocycles. The molecule has 0 atom stereocenters. The van der Waals surface area contributed by atoms with E-state index in [0.717, 1.165) is 24.2 Å². The smallest absolute Gasteiger partial charge is 0.253 e. The van der Waals surface area contributed by atoms with Gasteiger partial charge in [-0.05, 0) is 24.1 Å². The van der Waals surface area contributed by atoms with Crippen LogP contribution in [0.3, 0.4) is 0 Å². The van der Waals surface area contributed by atoms with Crippen LogP contribution in [0, 0.1) is 0 Å². The number of ether oxygens (including phenoxy) is 1. The van der Waals surface area contributed by atoms with Gasteiger partial charge in [-0.15, -0.1) is 0 Å². The van der Waals surface area contributed by atoms with E-state index in [9.17, 15) is 4.79 Å². The molecule has 0 unspecified atom stereocenters. The Morgan fingerprint density at radius 2 is 2.13 bits per heavy atom. The van der Waals surface area contributed by atoms with Crippen molar-refractivity contribution in [1.82, 2.24) is 10.3 Å². The van der Waals surface area contributed by atoms with Gasteiger partial charge in [-0.3, -0.25) is 9.78 Å². The molecule has 0 saturated carbocycles. The van der Waals surface area contributed by atoms with E-state index in [2.05, 4.69) is 15.6 Å². The summed E-state index contributed by atoms with van der Waals surface area (Å²) >= 11 is 6.08. The molecule has 0 radical (unpaired) electrons. The number of nitrogens with one attached hydrogen (secondary N) is 2. The first-order valence-corrected chi connectivity index (χ1v) is 7.78. The third-order valence-corrected chi connectivity index (χ3v) is 3.62. The fourth-order valence-corrected chi connectivity index (χ4v) is 2.23. The van der Waals surface area contributed by atoms with Gasteiger partial charge in [0.15, 0.2) is 0 Å². The number of anilines is 1. The van der Waals surface area contributed by atoms with Gasteiger partial charge >= 0.3 is 0 Å². The minimum Gasteiger partial charge on any atom is -0.385 e. The quantitative estimate of drug-likeness (QED) is 0.729. The van der Waals surface area contributed by atoms with Gasteiger partial charge < -0.3 is 15.4 Å². The Bertz CT molecular complexity index is 649. The highest BCUT2D eigenvalue weighted by Crippen LogP contribution is 2.15. The SMILES string of the molecule is COCCCNc1cncc(C(=O)NCc2ccccc2Cl)c1. The second kappa shape index (κ2) is 9.12. The zero-order chi connectivity index (χ0) is 16.5. The lowest BCUT2D eigenvalue weighted by Gasteiger charge is -2.09. The van der Waals surface area contributed by atoms with Crippen molar-refractivity contribution in [1.29, 1.82) is 0 Å². The molecule has 5 nitrogen and oxygen atoms in total. The highest BCUT2D eigenvalue weighted by Gasteiger charge is 2.08. The molecule has 0 bridgehead atoms. The summed E-state index contributed by atoms with van der Waals surface area (Å²) in [5, 5.41) is 6.70. The molecule has 1 aromatic heterocycles. The van der Waals surface area contributed by atoms with Gasteiger partial charge in [-0.25, -0.2) is 0 Å². The first kappa shape index (κ1) is 17.2. The molecule has 2 N–H and O–H groups in total. The van der Waals surface area contributed by atoms with E-state index in [-0.39, 0.29) is 5.91 Å². The summed E-state index contributed by atoms with van der Waals surface area (Å²) in [4.78, 5) is 16.3. The van der Waals surface area contributed by atoms with Crippen molar-refractivity contribution in [2.24, 2.45) is 0 Å². The van der Waals surface area contributed by atoms with Crippen molar-refractivity contribution in [3.8, 4) is 0 Å². The van der Waals surface area contributed by atoms with Crippen molar-refractivity contribution in [2.45, 2.75) is 13.0 Å². The monoisotopic (exact) mass is 333 g/mol. The van der Waals surface area contributed by atoms with Gasteiger partial charge in [0.05, 0.1) is 11.3 Å². The van der Waals surface area contributed by atoms with E-state index in [1.54, 1.807) is 31.6 Å². The fraction of sp³-hybridized carbons (Fsp3) is 0.294. The molecule has 1 amide bonds. The maximum absolute atomic E-state index is 12.2. The first-order valence-electron chi connectivity index (χ1n) is 7.40. The third kappa shape index (κ3) is 5.54. The number of hydrogen-bond acceptors (Lipinski definition) is 4. The largest absolute Gasteiger partial charge is 0.385 e. The molecule has 0 fully saturated rings. The van der Waals surface area contributed by atoms with E-state index in [1.165, 1.54) is 0 Å². The van der Waals surface area contributed by atoms with Crippen LogP contribution in [0.2, 0.25) is 5.02 Å². The minimum atomic E-state index is -0.182. The number of pyridine rings is 1. The summed E-state index contributed by atoms with van der Waals surface area (Å²) < 4.78 is 4.99. The summed E-state index contributed by atoms with van der Waals surface area (Å²) in [7, 11) is 1.67. The summed E-state index contributed by atoms with van der Waals surface area (Å²) in [6, 6.07) is 9.21. The molecule has 23 heavy (non-hydrogen) atoms. The lowest BCUT2D eigenvalue weighted by atomic mass is 10.2. The van der Waals surface area contributed by atoms with Crippen LogP contribution in [0.15, 0.2) is 42.7 Å². The molecular weight excluding hydrogens is 314 g/mol. The van der Waals surface area contributed by atoms with Gasteiger partial charge in [0.2, 0.25) is 0 Å².